The second-order valence-corrected chi connectivity index (χ2v) is 4.57. The minimum absolute atomic E-state index is 0.180. The van der Waals surface area contributed by atoms with Gasteiger partial charge in [-0.2, -0.15) is 5.26 Å². The van der Waals surface area contributed by atoms with E-state index in [4.69, 9.17) is 14.7 Å². The van der Waals surface area contributed by atoms with E-state index in [-0.39, 0.29) is 11.8 Å². The van der Waals surface area contributed by atoms with Crippen LogP contribution in [0, 0.1) is 17.2 Å². The van der Waals surface area contributed by atoms with Gasteiger partial charge in [-0.3, -0.25) is 4.79 Å². The molecule has 0 spiro atoms. The number of hydrogen-bond acceptors (Lipinski definition) is 5. The summed E-state index contributed by atoms with van der Waals surface area (Å²) in [6.07, 6.45) is 1.58. The third-order valence-electron chi connectivity index (χ3n) is 2.91. The molecule has 1 aromatic heterocycles. The Kier molecular flexibility index (Phi) is 7.19. The fourth-order valence-corrected chi connectivity index (χ4v) is 1.79. The first kappa shape index (κ1) is 16.9. The summed E-state index contributed by atoms with van der Waals surface area (Å²) in [7, 11) is 1.58. The number of hydrogen-bond donors (Lipinski definition) is 0. The first-order valence-electron chi connectivity index (χ1n) is 6.89. The lowest BCUT2D eigenvalue weighted by Gasteiger charge is -2.22. The topological polar surface area (TPSA) is 75.5 Å². The van der Waals surface area contributed by atoms with Gasteiger partial charge in [-0.05, 0) is 26.0 Å². The molecule has 1 heterocycles. The molecule has 0 unspecified atom stereocenters. The molecule has 0 aromatic carbocycles. The van der Waals surface area contributed by atoms with Gasteiger partial charge in [0.2, 0.25) is 5.88 Å². The van der Waals surface area contributed by atoms with Crippen LogP contribution < -0.4 is 4.74 Å². The van der Waals surface area contributed by atoms with Crippen molar-refractivity contribution in [2.24, 2.45) is 5.92 Å². The van der Waals surface area contributed by atoms with E-state index in [1.54, 1.807) is 37.3 Å². The van der Waals surface area contributed by atoms with E-state index in [9.17, 15) is 4.79 Å². The second kappa shape index (κ2) is 8.93. The molecule has 6 nitrogen and oxygen atoms in total. The van der Waals surface area contributed by atoms with Crippen LogP contribution in [0.25, 0.3) is 0 Å². The Hall–Kier alpha value is -2.13. The summed E-state index contributed by atoms with van der Waals surface area (Å²) in [5.41, 5.74) is 0.403. The molecule has 0 saturated heterocycles. The van der Waals surface area contributed by atoms with Gasteiger partial charge in [0.05, 0.1) is 18.6 Å². The van der Waals surface area contributed by atoms with Crippen molar-refractivity contribution in [2.75, 3.05) is 33.4 Å². The molecule has 0 aliphatic heterocycles. The highest BCUT2D eigenvalue weighted by atomic mass is 16.5. The van der Waals surface area contributed by atoms with E-state index in [1.807, 2.05) is 6.92 Å². The molecule has 6 heteroatoms. The SMILES string of the molecule is CCN(C[C@@H](C)C#N)C(=O)c1cccnc1OCCOC. The van der Waals surface area contributed by atoms with Gasteiger partial charge in [-0.25, -0.2) is 4.98 Å². The van der Waals surface area contributed by atoms with E-state index in [0.29, 0.717) is 37.7 Å². The lowest BCUT2D eigenvalue weighted by Crippen LogP contribution is -2.34. The van der Waals surface area contributed by atoms with E-state index in [0.717, 1.165) is 0 Å². The van der Waals surface area contributed by atoms with Gasteiger partial charge in [-0.15, -0.1) is 0 Å². The fraction of sp³-hybridized carbons (Fsp3) is 0.533. The van der Waals surface area contributed by atoms with Crippen molar-refractivity contribution >= 4 is 5.91 Å². The van der Waals surface area contributed by atoms with Crippen LogP contribution in [0.1, 0.15) is 24.2 Å². The number of nitrogens with zero attached hydrogens (tertiary/aromatic N) is 3. The quantitative estimate of drug-likeness (QED) is 0.682. The highest BCUT2D eigenvalue weighted by molar-refractivity contribution is 5.96. The summed E-state index contributed by atoms with van der Waals surface area (Å²) in [6, 6.07) is 5.51. The van der Waals surface area contributed by atoms with Crippen LogP contribution in [0.5, 0.6) is 5.88 Å². The summed E-state index contributed by atoms with van der Waals surface area (Å²) < 4.78 is 10.4. The zero-order valence-electron chi connectivity index (χ0n) is 12.7. The lowest BCUT2D eigenvalue weighted by molar-refractivity contribution is 0.0744. The van der Waals surface area contributed by atoms with Crippen LogP contribution in [0.15, 0.2) is 18.3 Å². The van der Waals surface area contributed by atoms with Crippen molar-refractivity contribution in [2.45, 2.75) is 13.8 Å². The summed E-state index contributed by atoms with van der Waals surface area (Å²) in [6.45, 7) is 5.33. The van der Waals surface area contributed by atoms with Crippen LogP contribution in [-0.4, -0.2) is 49.2 Å². The van der Waals surface area contributed by atoms with E-state index >= 15 is 0 Å². The molecule has 114 valence electrons. The molecule has 21 heavy (non-hydrogen) atoms. The Bertz CT molecular complexity index is 499. The molecule has 0 saturated carbocycles. The first-order valence-corrected chi connectivity index (χ1v) is 6.89. The van der Waals surface area contributed by atoms with Gasteiger partial charge < -0.3 is 14.4 Å². The Morgan fingerprint density at radius 2 is 2.29 bits per heavy atom. The third kappa shape index (κ3) is 5.04. The number of carbonyl (C=O) groups excluding carboxylic acids is 1. The smallest absolute Gasteiger partial charge is 0.259 e. The van der Waals surface area contributed by atoms with Crippen molar-refractivity contribution in [1.29, 1.82) is 5.26 Å². The number of carbonyl (C=O) groups is 1. The molecule has 1 rings (SSSR count). The van der Waals surface area contributed by atoms with Crippen molar-refractivity contribution in [3.8, 4) is 11.9 Å². The van der Waals surface area contributed by atoms with E-state index < -0.39 is 0 Å². The number of pyridine rings is 1. The van der Waals surface area contributed by atoms with Crippen molar-refractivity contribution in [3.05, 3.63) is 23.9 Å². The molecule has 1 amide bonds. The van der Waals surface area contributed by atoms with Gasteiger partial charge >= 0.3 is 0 Å². The molecular formula is C15H21N3O3. The average molecular weight is 291 g/mol. The predicted octanol–water partition coefficient (Wildman–Crippen LogP) is 1.73. The number of methoxy groups -OCH3 is 1. The summed E-state index contributed by atoms with van der Waals surface area (Å²) in [5, 5.41) is 8.89. The lowest BCUT2D eigenvalue weighted by atomic mass is 10.1. The standard InChI is InChI=1S/C15H21N3O3/c1-4-18(11-12(2)10-16)15(19)13-6-5-7-17-14(13)21-9-8-20-3/h5-7,12H,4,8-9,11H2,1-3H3/t12-/m0/s1. The molecule has 0 N–H and O–H groups in total. The van der Waals surface area contributed by atoms with Gasteiger partial charge in [0, 0.05) is 26.4 Å². The second-order valence-electron chi connectivity index (χ2n) is 4.57. The van der Waals surface area contributed by atoms with Crippen LogP contribution in [0.2, 0.25) is 0 Å². The van der Waals surface area contributed by atoms with Crippen molar-refractivity contribution < 1.29 is 14.3 Å². The summed E-state index contributed by atoms with van der Waals surface area (Å²) in [4.78, 5) is 18.3. The van der Waals surface area contributed by atoms with E-state index in [1.165, 1.54) is 0 Å². The first-order chi connectivity index (χ1) is 10.1. The maximum absolute atomic E-state index is 12.5. The number of aromatic nitrogens is 1. The molecule has 1 atom stereocenters. The number of amides is 1. The van der Waals surface area contributed by atoms with Crippen LogP contribution in [0.4, 0.5) is 0 Å². The molecule has 0 radical (unpaired) electrons. The Morgan fingerprint density at radius 3 is 2.90 bits per heavy atom. The molecule has 0 aliphatic carbocycles. The highest BCUT2D eigenvalue weighted by Crippen LogP contribution is 2.17. The summed E-state index contributed by atoms with van der Waals surface area (Å²) >= 11 is 0. The monoisotopic (exact) mass is 291 g/mol. The van der Waals surface area contributed by atoms with Gasteiger partial charge in [0.1, 0.15) is 12.2 Å². The minimum atomic E-state index is -0.219. The number of nitriles is 1. The van der Waals surface area contributed by atoms with Gasteiger partial charge in [0.25, 0.3) is 5.91 Å². The van der Waals surface area contributed by atoms with Crippen LogP contribution in [0.3, 0.4) is 0 Å². The Labute approximate surface area is 125 Å². The fourth-order valence-electron chi connectivity index (χ4n) is 1.79. The summed E-state index contributed by atoms with van der Waals surface area (Å²) in [5.74, 6) is -0.105. The van der Waals surface area contributed by atoms with Crippen LogP contribution in [-0.2, 0) is 4.74 Å². The van der Waals surface area contributed by atoms with E-state index in [2.05, 4.69) is 11.1 Å². The maximum atomic E-state index is 12.5. The van der Waals surface area contributed by atoms with Crippen molar-refractivity contribution in [1.82, 2.24) is 9.88 Å². The Morgan fingerprint density at radius 1 is 1.52 bits per heavy atom. The highest BCUT2D eigenvalue weighted by Gasteiger charge is 2.20. The van der Waals surface area contributed by atoms with Gasteiger partial charge in [0.15, 0.2) is 0 Å². The van der Waals surface area contributed by atoms with Crippen LogP contribution >= 0.6 is 0 Å². The molecule has 0 aliphatic rings. The minimum Gasteiger partial charge on any atom is -0.475 e. The molecular weight excluding hydrogens is 270 g/mol. The molecule has 0 fully saturated rings. The van der Waals surface area contributed by atoms with Gasteiger partial charge in [-0.1, -0.05) is 0 Å². The predicted molar refractivity (Wildman–Crippen MR) is 78.0 cm³/mol. The zero-order valence-corrected chi connectivity index (χ0v) is 12.7. The number of ether oxygens (including phenoxy) is 2. The normalized spacial score (nSPS) is 11.5. The maximum Gasteiger partial charge on any atom is 0.259 e. The molecule has 0 bridgehead atoms. The zero-order chi connectivity index (χ0) is 15.7. The Balaban J connectivity index is 2.87. The van der Waals surface area contributed by atoms with Crippen molar-refractivity contribution in [3.63, 3.8) is 0 Å². The molecule has 1 aromatic rings. The number of rotatable bonds is 8. The average Bonchev–Trinajstić information content (AvgIpc) is 2.52. The third-order valence-corrected chi connectivity index (χ3v) is 2.91. The largest absolute Gasteiger partial charge is 0.475 e.